The summed E-state index contributed by atoms with van der Waals surface area (Å²) in [5.74, 6) is 0.497. The highest BCUT2D eigenvalue weighted by Gasteiger charge is 2.38. The lowest BCUT2D eigenvalue weighted by Crippen LogP contribution is -2.28. The van der Waals surface area contributed by atoms with Gasteiger partial charge < -0.3 is 5.32 Å². The van der Waals surface area contributed by atoms with E-state index < -0.39 is 21.2 Å². The Balaban J connectivity index is 2.20. The van der Waals surface area contributed by atoms with Gasteiger partial charge in [-0.1, -0.05) is 0 Å². The number of nitrogens with zero attached hydrogens (tertiary/aromatic N) is 2. The number of hydrogen-bond donors (Lipinski definition) is 1. The molecule has 1 unspecified atom stereocenters. The number of rotatable bonds is 2. The van der Waals surface area contributed by atoms with Crippen molar-refractivity contribution in [2.24, 2.45) is 0 Å². The van der Waals surface area contributed by atoms with Crippen molar-refractivity contribution in [2.45, 2.75) is 18.3 Å². The minimum absolute atomic E-state index is 0.248. The predicted molar refractivity (Wildman–Crippen MR) is 62.7 cm³/mol. The number of benzene rings is 1. The Labute approximate surface area is 102 Å². The van der Waals surface area contributed by atoms with Crippen LogP contribution in [0.1, 0.15) is 29.4 Å². The van der Waals surface area contributed by atoms with E-state index >= 15 is 0 Å². The fourth-order valence-corrected chi connectivity index (χ4v) is 3.02. The van der Waals surface area contributed by atoms with Crippen LogP contribution in [-0.2, 0) is 0 Å². The van der Waals surface area contributed by atoms with Gasteiger partial charge in [0.15, 0.2) is 0 Å². The van der Waals surface area contributed by atoms with Crippen LogP contribution in [0.15, 0.2) is 12.1 Å². The third-order valence-electron chi connectivity index (χ3n) is 3.80. The van der Waals surface area contributed by atoms with Crippen LogP contribution in [0.25, 0.3) is 0 Å². The van der Waals surface area contributed by atoms with Crippen LogP contribution in [0, 0.1) is 20.2 Å². The molecule has 1 aliphatic carbocycles. The van der Waals surface area contributed by atoms with E-state index in [-0.39, 0.29) is 11.8 Å². The largest absolute Gasteiger partial charge is 0.346 e. The Morgan fingerprint density at radius 1 is 1.00 bits per heavy atom. The fourth-order valence-electron chi connectivity index (χ4n) is 3.02. The summed E-state index contributed by atoms with van der Waals surface area (Å²) >= 11 is 0. The van der Waals surface area contributed by atoms with E-state index in [0.717, 1.165) is 30.6 Å². The van der Waals surface area contributed by atoms with Crippen molar-refractivity contribution in [2.75, 3.05) is 13.1 Å². The second kappa shape index (κ2) is 3.74. The lowest BCUT2D eigenvalue weighted by molar-refractivity contribution is -0.422. The van der Waals surface area contributed by atoms with Gasteiger partial charge in [-0.15, -0.1) is 0 Å². The normalized spacial score (nSPS) is 24.7. The lowest BCUT2D eigenvalue weighted by atomic mass is 9.98. The molecule has 94 valence electrons. The van der Waals surface area contributed by atoms with E-state index in [1.165, 1.54) is 12.1 Å². The zero-order valence-corrected chi connectivity index (χ0v) is 9.46. The summed E-state index contributed by atoms with van der Waals surface area (Å²) in [7, 11) is 0. The molecule has 3 rings (SSSR count). The van der Waals surface area contributed by atoms with Gasteiger partial charge >= 0.3 is 11.4 Å². The number of fused-ring (bicyclic) bond motifs is 5. The molecule has 1 saturated heterocycles. The van der Waals surface area contributed by atoms with Crippen molar-refractivity contribution in [3.63, 3.8) is 0 Å². The summed E-state index contributed by atoms with van der Waals surface area (Å²) in [6.07, 6.45) is 0.931. The van der Waals surface area contributed by atoms with Gasteiger partial charge in [-0.3, -0.25) is 20.2 Å². The van der Waals surface area contributed by atoms with E-state index in [1.807, 2.05) is 0 Å². The summed E-state index contributed by atoms with van der Waals surface area (Å²) < 4.78 is 0. The zero-order valence-electron chi connectivity index (χ0n) is 9.46. The highest BCUT2D eigenvalue weighted by atomic mass is 16.6. The molecule has 1 N–H and O–H groups in total. The van der Waals surface area contributed by atoms with Gasteiger partial charge in [-0.2, -0.15) is 0 Å². The van der Waals surface area contributed by atoms with Gasteiger partial charge in [0.2, 0.25) is 0 Å². The Bertz CT molecular complexity index is 510. The first-order valence-electron chi connectivity index (χ1n) is 5.75. The van der Waals surface area contributed by atoms with E-state index in [9.17, 15) is 20.2 Å². The molecule has 0 spiro atoms. The molecule has 0 saturated carbocycles. The highest BCUT2D eigenvalue weighted by Crippen LogP contribution is 2.47. The summed E-state index contributed by atoms with van der Waals surface area (Å²) in [6.45, 7) is 1.58. The standard InChI is InChI=1S/C11H11N3O4/c15-13(16)10-2-8-6-1-7(5-12-4-6)9(8)3-11(10)14(17)18/h2-3,6-7,12H,1,4-5H2/t6-,7?/m1/s1. The van der Waals surface area contributed by atoms with Crippen LogP contribution in [0.4, 0.5) is 11.4 Å². The van der Waals surface area contributed by atoms with Gasteiger partial charge in [-0.05, 0) is 29.4 Å². The van der Waals surface area contributed by atoms with Crippen LogP contribution in [0.3, 0.4) is 0 Å². The zero-order chi connectivity index (χ0) is 12.9. The Morgan fingerprint density at radius 3 is 1.83 bits per heavy atom. The number of nitrogens with one attached hydrogen (secondary N) is 1. The first-order valence-corrected chi connectivity index (χ1v) is 5.75. The smallest absolute Gasteiger partial charge is 0.316 e. The van der Waals surface area contributed by atoms with Crippen molar-refractivity contribution in [1.82, 2.24) is 5.32 Å². The van der Waals surface area contributed by atoms with Crippen molar-refractivity contribution >= 4 is 11.4 Å². The Kier molecular flexibility index (Phi) is 2.30. The second-order valence-corrected chi connectivity index (χ2v) is 4.77. The summed E-state index contributed by atoms with van der Waals surface area (Å²) in [5, 5.41) is 25.1. The van der Waals surface area contributed by atoms with Crippen LogP contribution in [0.5, 0.6) is 0 Å². The maximum Gasteiger partial charge on any atom is 0.346 e. The predicted octanol–water partition coefficient (Wildman–Crippen LogP) is 1.68. The van der Waals surface area contributed by atoms with Gasteiger partial charge in [0.1, 0.15) is 0 Å². The Morgan fingerprint density at radius 2 is 1.44 bits per heavy atom. The molecule has 1 aromatic carbocycles. The third kappa shape index (κ3) is 1.47. The third-order valence-corrected chi connectivity index (χ3v) is 3.80. The van der Waals surface area contributed by atoms with E-state index in [0.29, 0.717) is 0 Å². The SMILES string of the molecule is O=[N+]([O-])c1cc2c(cc1[N+](=O)[O-])[C@H]1CNCC2C1. The van der Waals surface area contributed by atoms with Crippen molar-refractivity contribution in [3.05, 3.63) is 43.5 Å². The molecule has 1 fully saturated rings. The second-order valence-electron chi connectivity index (χ2n) is 4.77. The molecule has 0 aromatic heterocycles. The minimum atomic E-state index is -0.672. The van der Waals surface area contributed by atoms with Crippen molar-refractivity contribution in [3.8, 4) is 0 Å². The molecule has 7 heteroatoms. The lowest BCUT2D eigenvalue weighted by Gasteiger charge is -2.19. The average Bonchev–Trinajstić information content (AvgIpc) is 2.59. The van der Waals surface area contributed by atoms with E-state index in [1.54, 1.807) is 0 Å². The average molecular weight is 249 g/mol. The van der Waals surface area contributed by atoms with Crippen molar-refractivity contribution in [1.29, 1.82) is 0 Å². The monoisotopic (exact) mass is 249 g/mol. The molecule has 1 aromatic rings. The van der Waals surface area contributed by atoms with Crippen LogP contribution >= 0.6 is 0 Å². The number of piperidine rings is 1. The molecule has 18 heavy (non-hydrogen) atoms. The summed E-state index contributed by atoms with van der Waals surface area (Å²) in [6, 6.07) is 2.79. The molecule has 0 amide bonds. The fraction of sp³-hybridized carbons (Fsp3) is 0.455. The van der Waals surface area contributed by atoms with Crippen molar-refractivity contribution < 1.29 is 9.85 Å². The minimum Gasteiger partial charge on any atom is -0.316 e. The number of hydrogen-bond acceptors (Lipinski definition) is 5. The quantitative estimate of drug-likeness (QED) is 0.635. The number of nitro benzene ring substituents is 2. The Hall–Kier alpha value is -2.02. The highest BCUT2D eigenvalue weighted by molar-refractivity contribution is 5.60. The topological polar surface area (TPSA) is 98.3 Å². The van der Waals surface area contributed by atoms with Crippen LogP contribution in [0.2, 0.25) is 0 Å². The first-order chi connectivity index (χ1) is 8.58. The molecule has 2 aliphatic rings. The molecular formula is C11H11N3O4. The van der Waals surface area contributed by atoms with Gasteiger partial charge in [-0.25, -0.2) is 0 Å². The molecule has 1 heterocycles. The van der Waals surface area contributed by atoms with Crippen LogP contribution in [-0.4, -0.2) is 22.9 Å². The molecule has 0 radical (unpaired) electrons. The maximum absolute atomic E-state index is 10.9. The van der Waals surface area contributed by atoms with Gasteiger partial charge in [0, 0.05) is 25.2 Å². The molecule has 7 nitrogen and oxygen atoms in total. The molecular weight excluding hydrogens is 238 g/mol. The summed E-state index contributed by atoms with van der Waals surface area (Å²) in [4.78, 5) is 20.5. The van der Waals surface area contributed by atoms with E-state index in [2.05, 4.69) is 5.32 Å². The molecule has 1 aliphatic heterocycles. The first kappa shape index (κ1) is 11.1. The molecule has 2 atom stereocenters. The number of nitro groups is 2. The van der Waals surface area contributed by atoms with Crippen LogP contribution < -0.4 is 5.32 Å². The molecule has 2 bridgehead atoms. The summed E-state index contributed by atoms with van der Waals surface area (Å²) in [5.41, 5.74) is 1.02. The van der Waals surface area contributed by atoms with Gasteiger partial charge in [0.25, 0.3) is 0 Å². The maximum atomic E-state index is 10.9. The van der Waals surface area contributed by atoms with E-state index in [4.69, 9.17) is 0 Å². The van der Waals surface area contributed by atoms with Gasteiger partial charge in [0.05, 0.1) is 9.85 Å².